The van der Waals surface area contributed by atoms with Gasteiger partial charge in [-0.25, -0.2) is 14.6 Å². The maximum atomic E-state index is 12.8. The lowest BCUT2D eigenvalue weighted by Crippen LogP contribution is -2.35. The second-order valence-corrected chi connectivity index (χ2v) is 10.1. The van der Waals surface area contributed by atoms with Crippen molar-refractivity contribution in [1.82, 2.24) is 25.1 Å². The van der Waals surface area contributed by atoms with Gasteiger partial charge < -0.3 is 15.1 Å². The topological polar surface area (TPSA) is 96.2 Å². The van der Waals surface area contributed by atoms with Crippen molar-refractivity contribution in [2.24, 2.45) is 5.92 Å². The largest absolute Gasteiger partial charge is 0.356 e. The van der Waals surface area contributed by atoms with Crippen molar-refractivity contribution in [3.05, 3.63) is 35.5 Å². The Morgan fingerprint density at radius 3 is 2.69 bits per heavy atom. The lowest BCUT2D eigenvalue weighted by Gasteiger charge is -2.28. The number of aromatic nitrogens is 4. The molecule has 0 saturated carbocycles. The van der Waals surface area contributed by atoms with Crippen LogP contribution in [0.4, 0.5) is 11.5 Å². The van der Waals surface area contributed by atoms with Crippen LogP contribution in [0.15, 0.2) is 35.6 Å². The van der Waals surface area contributed by atoms with Gasteiger partial charge in [-0.1, -0.05) is 23.4 Å². The molecule has 1 aromatic carbocycles. The van der Waals surface area contributed by atoms with Crippen molar-refractivity contribution >= 4 is 57.7 Å². The summed E-state index contributed by atoms with van der Waals surface area (Å²) in [4.78, 5) is 38.7. The highest BCUT2D eigenvalue weighted by molar-refractivity contribution is 7.98. The second-order valence-electron chi connectivity index (χ2n) is 8.86. The number of thioether (sulfide) groups is 1. The van der Waals surface area contributed by atoms with Gasteiger partial charge in [0.15, 0.2) is 10.8 Å². The van der Waals surface area contributed by atoms with Crippen LogP contribution in [0.5, 0.6) is 0 Å². The van der Waals surface area contributed by atoms with Crippen molar-refractivity contribution < 1.29 is 9.59 Å². The number of halogens is 1. The summed E-state index contributed by atoms with van der Waals surface area (Å²) >= 11 is 7.46. The van der Waals surface area contributed by atoms with Crippen molar-refractivity contribution in [3.8, 4) is 0 Å². The number of amides is 2. The summed E-state index contributed by atoms with van der Waals surface area (Å²) in [6.07, 6.45) is 7.58. The van der Waals surface area contributed by atoms with E-state index in [1.54, 1.807) is 29.2 Å². The van der Waals surface area contributed by atoms with Crippen LogP contribution in [0.2, 0.25) is 5.02 Å². The lowest BCUT2D eigenvalue weighted by atomic mass is 10.1. The van der Waals surface area contributed by atoms with Gasteiger partial charge >= 0.3 is 0 Å². The minimum atomic E-state index is -0.385. The van der Waals surface area contributed by atoms with Crippen molar-refractivity contribution in [3.63, 3.8) is 0 Å². The van der Waals surface area contributed by atoms with Gasteiger partial charge in [0.2, 0.25) is 11.8 Å². The Hall–Kier alpha value is -2.85. The maximum Gasteiger partial charge on any atom is 0.227 e. The summed E-state index contributed by atoms with van der Waals surface area (Å²) in [5.41, 5.74) is 1.54. The summed E-state index contributed by atoms with van der Waals surface area (Å²) in [7, 11) is 0. The Morgan fingerprint density at radius 1 is 1.17 bits per heavy atom. The van der Waals surface area contributed by atoms with E-state index < -0.39 is 0 Å². The molecule has 0 radical (unpaired) electrons. The van der Waals surface area contributed by atoms with E-state index in [1.165, 1.54) is 31.0 Å². The lowest BCUT2D eigenvalue weighted by molar-refractivity contribution is -0.126. The normalized spacial score (nSPS) is 18.5. The van der Waals surface area contributed by atoms with Crippen LogP contribution >= 0.6 is 23.4 Å². The van der Waals surface area contributed by atoms with Gasteiger partial charge in [0, 0.05) is 43.3 Å². The molecule has 4 heterocycles. The molecule has 11 heteroatoms. The van der Waals surface area contributed by atoms with Crippen molar-refractivity contribution in [1.29, 1.82) is 0 Å². The zero-order valence-electron chi connectivity index (χ0n) is 19.6. The fourth-order valence-electron chi connectivity index (χ4n) is 4.71. The Morgan fingerprint density at radius 2 is 1.94 bits per heavy atom. The second kappa shape index (κ2) is 10.4. The predicted molar refractivity (Wildman–Crippen MR) is 138 cm³/mol. The van der Waals surface area contributed by atoms with Gasteiger partial charge in [-0.3, -0.25) is 9.59 Å². The van der Waals surface area contributed by atoms with Gasteiger partial charge in [0.05, 0.1) is 24.0 Å². The Balaban J connectivity index is 1.23. The fraction of sp³-hybridized carbons (Fsp3) is 0.458. The van der Waals surface area contributed by atoms with Crippen LogP contribution in [0.1, 0.15) is 25.7 Å². The van der Waals surface area contributed by atoms with E-state index in [0.717, 1.165) is 40.8 Å². The van der Waals surface area contributed by atoms with E-state index in [9.17, 15) is 9.59 Å². The zero-order valence-corrected chi connectivity index (χ0v) is 21.2. The zero-order chi connectivity index (χ0) is 24.4. The van der Waals surface area contributed by atoms with E-state index in [-0.39, 0.29) is 24.2 Å². The SMILES string of the molecule is CSc1nc(N2CCCCC2)c2cnn(CCNC(=O)C3CC(=O)N(c4ccc(Cl)cc4)C3)c2n1. The van der Waals surface area contributed by atoms with Crippen LogP contribution in [-0.2, 0) is 16.1 Å². The molecule has 184 valence electrons. The molecule has 3 aromatic rings. The summed E-state index contributed by atoms with van der Waals surface area (Å²) in [5.74, 6) is 0.376. The third kappa shape index (κ3) is 5.08. The number of nitrogens with zero attached hydrogens (tertiary/aromatic N) is 6. The van der Waals surface area contributed by atoms with Crippen LogP contribution in [0.25, 0.3) is 11.0 Å². The summed E-state index contributed by atoms with van der Waals surface area (Å²) in [5, 5.41) is 9.79. The molecular formula is C24H28ClN7O2S. The summed E-state index contributed by atoms with van der Waals surface area (Å²) in [6.45, 7) is 3.24. The van der Waals surface area contributed by atoms with E-state index in [0.29, 0.717) is 24.7 Å². The molecule has 2 amide bonds. The van der Waals surface area contributed by atoms with Gasteiger partial charge in [-0.2, -0.15) is 5.10 Å². The molecule has 9 nitrogen and oxygen atoms in total. The third-order valence-corrected chi connectivity index (χ3v) is 7.35. The Kier molecular flexibility index (Phi) is 7.10. The van der Waals surface area contributed by atoms with Gasteiger partial charge in [-0.15, -0.1) is 0 Å². The first-order valence-corrected chi connectivity index (χ1v) is 13.5. The van der Waals surface area contributed by atoms with E-state index in [2.05, 4.69) is 15.3 Å². The number of carbonyl (C=O) groups is 2. The number of hydrogen-bond acceptors (Lipinski definition) is 7. The number of piperidine rings is 1. The average molecular weight is 514 g/mol. The molecule has 2 aliphatic rings. The minimum absolute atomic E-state index is 0.0583. The highest BCUT2D eigenvalue weighted by atomic mass is 35.5. The fourth-order valence-corrected chi connectivity index (χ4v) is 5.19. The molecule has 0 aliphatic carbocycles. The molecule has 2 fully saturated rings. The first kappa shape index (κ1) is 23.9. The quantitative estimate of drug-likeness (QED) is 0.382. The molecule has 1 atom stereocenters. The molecule has 2 aliphatic heterocycles. The van der Waals surface area contributed by atoms with Crippen LogP contribution in [0.3, 0.4) is 0 Å². The smallest absolute Gasteiger partial charge is 0.227 e. The molecular weight excluding hydrogens is 486 g/mol. The van der Waals surface area contributed by atoms with Gasteiger partial charge in [-0.05, 0) is 49.8 Å². The van der Waals surface area contributed by atoms with Gasteiger partial charge in [0.25, 0.3) is 0 Å². The van der Waals surface area contributed by atoms with E-state index in [1.807, 2.05) is 17.1 Å². The summed E-state index contributed by atoms with van der Waals surface area (Å²) < 4.78 is 1.82. The first-order chi connectivity index (χ1) is 17.0. The van der Waals surface area contributed by atoms with Crippen molar-refractivity contribution in [2.45, 2.75) is 37.4 Å². The third-order valence-electron chi connectivity index (χ3n) is 6.55. The monoisotopic (exact) mass is 513 g/mol. The minimum Gasteiger partial charge on any atom is -0.356 e. The number of nitrogens with one attached hydrogen (secondary N) is 1. The number of anilines is 2. The van der Waals surface area contributed by atoms with Crippen LogP contribution in [0, 0.1) is 5.92 Å². The maximum absolute atomic E-state index is 12.8. The molecule has 2 saturated heterocycles. The Labute approximate surface area is 213 Å². The van der Waals surface area contributed by atoms with E-state index >= 15 is 0 Å². The average Bonchev–Trinajstić information content (AvgIpc) is 3.48. The van der Waals surface area contributed by atoms with Crippen LogP contribution in [-0.4, -0.2) is 64.0 Å². The molecule has 2 aromatic heterocycles. The van der Waals surface area contributed by atoms with Gasteiger partial charge in [0.1, 0.15) is 5.82 Å². The Bertz CT molecular complexity index is 1230. The van der Waals surface area contributed by atoms with E-state index in [4.69, 9.17) is 21.6 Å². The molecule has 0 bridgehead atoms. The predicted octanol–water partition coefficient (Wildman–Crippen LogP) is 3.36. The number of rotatable bonds is 7. The number of benzene rings is 1. The number of hydrogen-bond donors (Lipinski definition) is 1. The molecule has 1 unspecified atom stereocenters. The highest BCUT2D eigenvalue weighted by Gasteiger charge is 2.35. The number of carbonyl (C=O) groups excluding carboxylic acids is 2. The van der Waals surface area contributed by atoms with Crippen molar-refractivity contribution in [2.75, 3.05) is 42.2 Å². The van der Waals surface area contributed by atoms with Crippen LogP contribution < -0.4 is 15.1 Å². The highest BCUT2D eigenvalue weighted by Crippen LogP contribution is 2.29. The first-order valence-electron chi connectivity index (χ1n) is 11.9. The molecule has 5 rings (SSSR count). The summed E-state index contributed by atoms with van der Waals surface area (Å²) in [6, 6.07) is 7.09. The standard InChI is InChI=1S/C24H28ClN7O2S/c1-35-24-28-21(30-10-3-2-4-11-30)19-14-27-32(22(19)29-24)12-9-26-23(34)16-13-20(33)31(15-16)18-7-5-17(25)6-8-18/h5-8,14,16H,2-4,9-13,15H2,1H3,(H,26,34). The molecule has 1 N–H and O–H groups in total. The number of fused-ring (bicyclic) bond motifs is 1. The molecule has 0 spiro atoms. The molecule has 35 heavy (non-hydrogen) atoms.